The lowest BCUT2D eigenvalue weighted by Crippen LogP contribution is -2.46. The highest BCUT2D eigenvalue weighted by Crippen LogP contribution is 2.38. The van der Waals surface area contributed by atoms with Gasteiger partial charge in [0.05, 0.1) is 8.07 Å². The van der Waals surface area contributed by atoms with Gasteiger partial charge < -0.3 is 0 Å². The van der Waals surface area contributed by atoms with E-state index in [0.29, 0.717) is 5.54 Å². The summed E-state index contributed by atoms with van der Waals surface area (Å²) in [5.74, 6) is 0. The van der Waals surface area contributed by atoms with Crippen LogP contribution in [0.2, 0.25) is 18.6 Å². The lowest BCUT2D eigenvalue weighted by atomic mass is 10.0. The molecule has 2 aromatic rings. The van der Waals surface area contributed by atoms with Crippen LogP contribution in [0.4, 0.5) is 0 Å². The smallest absolute Gasteiger partial charge is 0.150 e. The standard InChI is InChI=1S/C18H20OSi/c1-20(2,16-9-4-3-5-10-16)17-11-14-7-6-8-15(13-19)18(14)12-17/h3-10,13,17H,11-12H2,1-2H3/t17-/m1/s1. The van der Waals surface area contributed by atoms with Crippen molar-refractivity contribution < 1.29 is 4.79 Å². The van der Waals surface area contributed by atoms with Gasteiger partial charge in [-0.1, -0.05) is 66.8 Å². The van der Waals surface area contributed by atoms with Gasteiger partial charge in [0.1, 0.15) is 6.29 Å². The molecule has 20 heavy (non-hydrogen) atoms. The maximum atomic E-state index is 11.2. The molecule has 0 N–H and O–H groups in total. The van der Waals surface area contributed by atoms with Gasteiger partial charge in [0.15, 0.2) is 0 Å². The topological polar surface area (TPSA) is 17.1 Å². The Balaban J connectivity index is 1.94. The molecular weight excluding hydrogens is 260 g/mol. The third-order valence-electron chi connectivity index (χ3n) is 4.89. The van der Waals surface area contributed by atoms with Crippen LogP contribution in [0.25, 0.3) is 0 Å². The van der Waals surface area contributed by atoms with Crippen LogP contribution < -0.4 is 5.19 Å². The van der Waals surface area contributed by atoms with Crippen molar-refractivity contribution >= 4 is 19.5 Å². The number of hydrogen-bond acceptors (Lipinski definition) is 1. The molecule has 1 aliphatic carbocycles. The van der Waals surface area contributed by atoms with E-state index in [-0.39, 0.29) is 0 Å². The molecule has 102 valence electrons. The van der Waals surface area contributed by atoms with Crippen LogP contribution in [-0.2, 0) is 12.8 Å². The molecule has 0 saturated heterocycles. The highest BCUT2D eigenvalue weighted by atomic mass is 28.3. The third kappa shape index (κ3) is 2.14. The van der Waals surface area contributed by atoms with E-state index in [1.165, 1.54) is 16.3 Å². The molecule has 0 saturated carbocycles. The van der Waals surface area contributed by atoms with Crippen molar-refractivity contribution in [3.8, 4) is 0 Å². The first-order valence-electron chi connectivity index (χ1n) is 7.24. The number of carbonyl (C=O) groups excluding carboxylic acids is 1. The highest BCUT2D eigenvalue weighted by molar-refractivity contribution is 6.91. The van der Waals surface area contributed by atoms with E-state index in [1.54, 1.807) is 0 Å². The molecule has 0 aromatic heterocycles. The molecule has 1 aliphatic rings. The summed E-state index contributed by atoms with van der Waals surface area (Å²) in [6.07, 6.45) is 3.21. The monoisotopic (exact) mass is 280 g/mol. The fraction of sp³-hybridized carbons (Fsp3) is 0.278. The number of rotatable bonds is 3. The van der Waals surface area contributed by atoms with Crippen LogP contribution in [0.15, 0.2) is 48.5 Å². The van der Waals surface area contributed by atoms with Gasteiger partial charge in [-0.05, 0) is 29.5 Å². The fourth-order valence-corrected chi connectivity index (χ4v) is 6.37. The summed E-state index contributed by atoms with van der Waals surface area (Å²) < 4.78 is 0. The summed E-state index contributed by atoms with van der Waals surface area (Å²) in [7, 11) is -1.50. The molecule has 2 aromatic carbocycles. The van der Waals surface area contributed by atoms with E-state index in [0.717, 1.165) is 24.7 Å². The van der Waals surface area contributed by atoms with Crippen LogP contribution in [-0.4, -0.2) is 14.4 Å². The third-order valence-corrected chi connectivity index (χ3v) is 9.16. The molecule has 0 aliphatic heterocycles. The van der Waals surface area contributed by atoms with Gasteiger partial charge in [-0.2, -0.15) is 0 Å². The van der Waals surface area contributed by atoms with Crippen molar-refractivity contribution in [3.63, 3.8) is 0 Å². The second-order valence-electron chi connectivity index (χ2n) is 6.30. The minimum Gasteiger partial charge on any atom is -0.298 e. The minimum absolute atomic E-state index is 0.695. The van der Waals surface area contributed by atoms with Gasteiger partial charge in [0, 0.05) is 5.56 Å². The molecule has 0 fully saturated rings. The second-order valence-corrected chi connectivity index (χ2v) is 11.1. The Bertz CT molecular complexity index is 631. The number of hydrogen-bond donors (Lipinski definition) is 0. The second kappa shape index (κ2) is 5.02. The average Bonchev–Trinajstić information content (AvgIpc) is 2.93. The minimum atomic E-state index is -1.50. The molecule has 0 amide bonds. The van der Waals surface area contributed by atoms with E-state index in [2.05, 4.69) is 49.5 Å². The molecule has 3 rings (SSSR count). The highest BCUT2D eigenvalue weighted by Gasteiger charge is 2.38. The summed E-state index contributed by atoms with van der Waals surface area (Å²) in [5, 5.41) is 1.52. The van der Waals surface area contributed by atoms with E-state index in [9.17, 15) is 4.79 Å². The lowest BCUT2D eigenvalue weighted by molar-refractivity contribution is 0.112. The van der Waals surface area contributed by atoms with Gasteiger partial charge in [-0.3, -0.25) is 4.79 Å². The summed E-state index contributed by atoms with van der Waals surface area (Å²) in [6.45, 7) is 4.92. The van der Waals surface area contributed by atoms with Gasteiger partial charge >= 0.3 is 0 Å². The first kappa shape index (κ1) is 13.3. The number of fused-ring (bicyclic) bond motifs is 1. The van der Waals surface area contributed by atoms with Crippen LogP contribution in [0.5, 0.6) is 0 Å². The first-order valence-corrected chi connectivity index (χ1v) is 10.3. The van der Waals surface area contributed by atoms with Crippen molar-refractivity contribution in [1.29, 1.82) is 0 Å². The largest absolute Gasteiger partial charge is 0.298 e. The van der Waals surface area contributed by atoms with Crippen molar-refractivity contribution in [2.24, 2.45) is 0 Å². The quantitative estimate of drug-likeness (QED) is 0.620. The Morgan fingerprint density at radius 3 is 2.45 bits per heavy atom. The maximum absolute atomic E-state index is 11.2. The van der Waals surface area contributed by atoms with Gasteiger partial charge in [0.2, 0.25) is 0 Å². The molecular formula is C18H20OSi. The molecule has 0 bridgehead atoms. The van der Waals surface area contributed by atoms with E-state index in [1.807, 2.05) is 12.1 Å². The first-order chi connectivity index (χ1) is 9.63. The summed E-state index contributed by atoms with van der Waals surface area (Å²) in [6, 6.07) is 17.1. The molecule has 1 atom stereocenters. The van der Waals surface area contributed by atoms with Crippen molar-refractivity contribution in [2.45, 2.75) is 31.5 Å². The van der Waals surface area contributed by atoms with E-state index < -0.39 is 8.07 Å². The Kier molecular flexibility index (Phi) is 3.34. The zero-order valence-corrected chi connectivity index (χ0v) is 13.1. The zero-order valence-electron chi connectivity index (χ0n) is 12.1. The van der Waals surface area contributed by atoms with E-state index in [4.69, 9.17) is 0 Å². The predicted molar refractivity (Wildman–Crippen MR) is 86.5 cm³/mol. The SMILES string of the molecule is C[Si](C)(c1ccccc1)[C@@H]1Cc2cccc(C=O)c2C1. The van der Waals surface area contributed by atoms with Gasteiger partial charge in [-0.15, -0.1) is 0 Å². The Morgan fingerprint density at radius 2 is 1.75 bits per heavy atom. The van der Waals surface area contributed by atoms with Crippen molar-refractivity contribution in [2.75, 3.05) is 0 Å². The normalized spacial score (nSPS) is 17.8. The maximum Gasteiger partial charge on any atom is 0.150 e. The van der Waals surface area contributed by atoms with Crippen LogP contribution in [0.1, 0.15) is 21.5 Å². The predicted octanol–water partition coefficient (Wildman–Crippen LogP) is 3.58. The Labute approximate surface area is 121 Å². The Hall–Kier alpha value is -1.67. The summed E-state index contributed by atoms with van der Waals surface area (Å²) in [5.41, 5.74) is 4.27. The van der Waals surface area contributed by atoms with E-state index >= 15 is 0 Å². The summed E-state index contributed by atoms with van der Waals surface area (Å²) >= 11 is 0. The Morgan fingerprint density at radius 1 is 1.00 bits per heavy atom. The number of aldehydes is 1. The van der Waals surface area contributed by atoms with Gasteiger partial charge in [0.25, 0.3) is 0 Å². The molecule has 0 unspecified atom stereocenters. The summed E-state index contributed by atoms with van der Waals surface area (Å²) in [4.78, 5) is 11.2. The molecule has 2 heteroatoms. The number of benzene rings is 2. The number of carbonyl (C=O) groups is 1. The van der Waals surface area contributed by atoms with Crippen LogP contribution in [0, 0.1) is 0 Å². The zero-order chi connectivity index (χ0) is 14.2. The fourth-order valence-electron chi connectivity index (χ4n) is 3.40. The van der Waals surface area contributed by atoms with Crippen molar-refractivity contribution in [3.05, 3.63) is 65.2 Å². The average molecular weight is 280 g/mol. The molecule has 0 heterocycles. The lowest BCUT2D eigenvalue weighted by Gasteiger charge is -2.30. The molecule has 1 nitrogen and oxygen atoms in total. The van der Waals surface area contributed by atoms with Crippen LogP contribution in [0.3, 0.4) is 0 Å². The van der Waals surface area contributed by atoms with Crippen LogP contribution >= 0.6 is 0 Å². The molecule has 0 spiro atoms. The molecule has 0 radical (unpaired) electrons. The van der Waals surface area contributed by atoms with Gasteiger partial charge in [-0.25, -0.2) is 0 Å². The van der Waals surface area contributed by atoms with Crippen molar-refractivity contribution in [1.82, 2.24) is 0 Å².